The molecule has 28 heavy (non-hydrogen) atoms. The van der Waals surface area contributed by atoms with Gasteiger partial charge in [0, 0.05) is 43.3 Å². The highest BCUT2D eigenvalue weighted by atomic mass is 35.5. The molecule has 1 aliphatic rings. The molecule has 6 nitrogen and oxygen atoms in total. The summed E-state index contributed by atoms with van der Waals surface area (Å²) in [6, 6.07) is 14.8. The highest BCUT2D eigenvalue weighted by Crippen LogP contribution is 2.17. The van der Waals surface area contributed by atoms with Crippen molar-refractivity contribution in [1.29, 1.82) is 0 Å². The first kappa shape index (κ1) is 20.2. The molecule has 1 fully saturated rings. The van der Waals surface area contributed by atoms with Crippen molar-refractivity contribution in [1.82, 2.24) is 10.2 Å². The lowest BCUT2D eigenvalue weighted by atomic mass is 10.0. The molecule has 3 rings (SSSR count). The van der Waals surface area contributed by atoms with Crippen LogP contribution in [0.4, 0.5) is 5.69 Å². The number of amides is 2. The maximum Gasteiger partial charge on any atom is 0.260 e. The summed E-state index contributed by atoms with van der Waals surface area (Å²) >= 11 is 5.95. The highest BCUT2D eigenvalue weighted by molar-refractivity contribution is 6.30. The van der Waals surface area contributed by atoms with Crippen molar-refractivity contribution in [3.05, 3.63) is 59.1 Å². The number of anilines is 1. The topological polar surface area (TPSA) is 70.7 Å². The van der Waals surface area contributed by atoms with Crippen molar-refractivity contribution < 1.29 is 14.3 Å². The number of rotatable bonds is 6. The zero-order valence-corrected chi connectivity index (χ0v) is 16.5. The molecule has 0 saturated carbocycles. The van der Waals surface area contributed by atoms with E-state index < -0.39 is 0 Å². The lowest BCUT2D eigenvalue weighted by molar-refractivity contribution is -0.136. The molecule has 0 aromatic heterocycles. The van der Waals surface area contributed by atoms with Gasteiger partial charge in [0.1, 0.15) is 5.75 Å². The van der Waals surface area contributed by atoms with Crippen LogP contribution in [-0.2, 0) is 16.0 Å². The summed E-state index contributed by atoms with van der Waals surface area (Å²) in [7, 11) is 0. The Hall–Kier alpha value is -2.57. The maximum atomic E-state index is 12.7. The molecule has 0 aliphatic carbocycles. The number of piperazine rings is 1. The number of ether oxygens (including phenoxy) is 1. The molecule has 7 heteroatoms. The fourth-order valence-electron chi connectivity index (χ4n) is 3.23. The van der Waals surface area contributed by atoms with E-state index in [9.17, 15) is 9.59 Å². The summed E-state index contributed by atoms with van der Waals surface area (Å²) in [6.07, 6.45) is 0.765. The van der Waals surface area contributed by atoms with Crippen LogP contribution >= 0.6 is 11.6 Å². The standard InChI is InChI=1S/C21H24ClN3O3/c1-15(26)24-18-6-8-20(9-7-18)28-14-21(27)25-11-10-23-13-19(25)12-16-2-4-17(22)5-3-16/h2-9,19,23H,10-14H2,1H3,(H,24,26). The third kappa shape index (κ3) is 5.71. The average Bonchev–Trinajstić information content (AvgIpc) is 2.69. The zero-order chi connectivity index (χ0) is 19.9. The summed E-state index contributed by atoms with van der Waals surface area (Å²) in [4.78, 5) is 25.7. The predicted octanol–water partition coefficient (Wildman–Crippen LogP) is 2.72. The van der Waals surface area contributed by atoms with Crippen LogP contribution in [0.2, 0.25) is 5.02 Å². The van der Waals surface area contributed by atoms with Gasteiger partial charge >= 0.3 is 0 Å². The van der Waals surface area contributed by atoms with Crippen LogP contribution in [0.15, 0.2) is 48.5 Å². The van der Waals surface area contributed by atoms with Gasteiger partial charge in [-0.05, 0) is 48.4 Å². The van der Waals surface area contributed by atoms with Crippen LogP contribution in [0.3, 0.4) is 0 Å². The molecular weight excluding hydrogens is 378 g/mol. The number of hydrogen-bond acceptors (Lipinski definition) is 4. The summed E-state index contributed by atoms with van der Waals surface area (Å²) < 4.78 is 5.65. The molecule has 1 aliphatic heterocycles. The minimum atomic E-state index is -0.130. The van der Waals surface area contributed by atoms with Crippen molar-refractivity contribution in [2.45, 2.75) is 19.4 Å². The van der Waals surface area contributed by atoms with Gasteiger partial charge in [-0.25, -0.2) is 0 Å². The van der Waals surface area contributed by atoms with Crippen LogP contribution in [0, 0.1) is 0 Å². The normalized spacial score (nSPS) is 16.5. The van der Waals surface area contributed by atoms with E-state index in [0.717, 1.165) is 25.1 Å². The molecule has 148 valence electrons. The second kappa shape index (κ2) is 9.57. The summed E-state index contributed by atoms with van der Waals surface area (Å²) in [5.74, 6) is 0.424. The summed E-state index contributed by atoms with van der Waals surface area (Å²) in [6.45, 7) is 3.61. The molecule has 1 heterocycles. The largest absolute Gasteiger partial charge is 0.484 e. The van der Waals surface area contributed by atoms with Gasteiger partial charge in [0.2, 0.25) is 5.91 Å². The monoisotopic (exact) mass is 401 g/mol. The van der Waals surface area contributed by atoms with E-state index in [4.69, 9.17) is 16.3 Å². The van der Waals surface area contributed by atoms with Crippen LogP contribution < -0.4 is 15.4 Å². The van der Waals surface area contributed by atoms with E-state index in [1.54, 1.807) is 24.3 Å². The third-order valence-corrected chi connectivity index (χ3v) is 4.84. The van der Waals surface area contributed by atoms with E-state index in [0.29, 0.717) is 23.0 Å². The minimum Gasteiger partial charge on any atom is -0.484 e. The first-order chi connectivity index (χ1) is 13.5. The van der Waals surface area contributed by atoms with Gasteiger partial charge in [0.15, 0.2) is 6.61 Å². The van der Waals surface area contributed by atoms with Crippen molar-refractivity contribution in [2.75, 3.05) is 31.6 Å². The Labute approximate surface area is 169 Å². The van der Waals surface area contributed by atoms with Crippen molar-refractivity contribution in [3.63, 3.8) is 0 Å². The first-order valence-electron chi connectivity index (χ1n) is 9.26. The van der Waals surface area contributed by atoms with E-state index in [2.05, 4.69) is 10.6 Å². The first-order valence-corrected chi connectivity index (χ1v) is 9.64. The molecule has 2 N–H and O–H groups in total. The Bertz CT molecular complexity index is 809. The van der Waals surface area contributed by atoms with Crippen molar-refractivity contribution in [2.24, 2.45) is 0 Å². The Morgan fingerprint density at radius 1 is 1.18 bits per heavy atom. The predicted molar refractivity (Wildman–Crippen MR) is 110 cm³/mol. The number of carbonyl (C=O) groups excluding carboxylic acids is 2. The molecule has 2 amide bonds. The molecule has 0 bridgehead atoms. The van der Waals surface area contributed by atoms with Gasteiger partial charge in [-0.15, -0.1) is 0 Å². The van der Waals surface area contributed by atoms with Crippen LogP contribution in [-0.4, -0.2) is 49.0 Å². The number of benzene rings is 2. The summed E-state index contributed by atoms with van der Waals surface area (Å²) in [5, 5.41) is 6.75. The van der Waals surface area contributed by atoms with Gasteiger partial charge in [0.05, 0.1) is 0 Å². The second-order valence-corrected chi connectivity index (χ2v) is 7.21. The number of nitrogens with zero attached hydrogens (tertiary/aromatic N) is 1. The SMILES string of the molecule is CC(=O)Nc1ccc(OCC(=O)N2CCNCC2Cc2ccc(Cl)cc2)cc1. The van der Waals surface area contributed by atoms with Crippen LogP contribution in [0.25, 0.3) is 0 Å². The van der Waals surface area contributed by atoms with Gasteiger partial charge in [-0.1, -0.05) is 23.7 Å². The number of hydrogen-bond donors (Lipinski definition) is 2. The molecular formula is C21H24ClN3O3. The Morgan fingerprint density at radius 3 is 2.57 bits per heavy atom. The molecule has 1 saturated heterocycles. The Kier molecular flexibility index (Phi) is 6.90. The van der Waals surface area contributed by atoms with Crippen LogP contribution in [0.5, 0.6) is 5.75 Å². The smallest absolute Gasteiger partial charge is 0.260 e. The summed E-state index contributed by atoms with van der Waals surface area (Å²) in [5.41, 5.74) is 1.83. The molecule has 2 aromatic rings. The average molecular weight is 402 g/mol. The van der Waals surface area contributed by atoms with E-state index in [1.807, 2.05) is 29.2 Å². The van der Waals surface area contributed by atoms with Crippen molar-refractivity contribution in [3.8, 4) is 5.75 Å². The Morgan fingerprint density at radius 2 is 1.89 bits per heavy atom. The molecule has 0 radical (unpaired) electrons. The van der Waals surface area contributed by atoms with Gasteiger partial charge in [-0.3, -0.25) is 9.59 Å². The molecule has 0 spiro atoms. The van der Waals surface area contributed by atoms with E-state index >= 15 is 0 Å². The third-order valence-electron chi connectivity index (χ3n) is 4.59. The second-order valence-electron chi connectivity index (χ2n) is 6.77. The maximum absolute atomic E-state index is 12.7. The zero-order valence-electron chi connectivity index (χ0n) is 15.8. The lowest BCUT2D eigenvalue weighted by Gasteiger charge is -2.36. The van der Waals surface area contributed by atoms with Gasteiger partial charge in [-0.2, -0.15) is 0 Å². The van der Waals surface area contributed by atoms with Crippen molar-refractivity contribution >= 4 is 29.1 Å². The van der Waals surface area contributed by atoms with Gasteiger partial charge in [0.25, 0.3) is 5.91 Å². The highest BCUT2D eigenvalue weighted by Gasteiger charge is 2.26. The van der Waals surface area contributed by atoms with Gasteiger partial charge < -0.3 is 20.3 Å². The van der Waals surface area contributed by atoms with E-state index in [1.165, 1.54) is 6.92 Å². The molecule has 2 aromatic carbocycles. The van der Waals surface area contributed by atoms with E-state index in [-0.39, 0.29) is 24.5 Å². The number of carbonyl (C=O) groups is 2. The quantitative estimate of drug-likeness (QED) is 0.780. The fourth-order valence-corrected chi connectivity index (χ4v) is 3.36. The number of nitrogens with one attached hydrogen (secondary N) is 2. The minimum absolute atomic E-state index is 0.0173. The molecule has 1 atom stereocenters. The number of halogens is 1. The fraction of sp³-hybridized carbons (Fsp3) is 0.333. The van der Waals surface area contributed by atoms with Crippen LogP contribution in [0.1, 0.15) is 12.5 Å². The molecule has 1 unspecified atom stereocenters. The lowest BCUT2D eigenvalue weighted by Crippen LogP contribution is -2.55. The Balaban J connectivity index is 1.56.